The fraction of sp³-hybridized carbons (Fsp3) is 0.318. The minimum atomic E-state index is -0.750. The number of hydrogen-bond acceptors (Lipinski definition) is 9. The van der Waals surface area contributed by atoms with Crippen molar-refractivity contribution >= 4 is 45.2 Å². The van der Waals surface area contributed by atoms with E-state index in [-0.39, 0.29) is 11.2 Å². The van der Waals surface area contributed by atoms with Crippen LogP contribution in [0.3, 0.4) is 0 Å². The Bertz CT molecular complexity index is 1190. The molecular weight excluding hydrogens is 466 g/mol. The lowest BCUT2D eigenvalue weighted by Crippen LogP contribution is -2.14. The van der Waals surface area contributed by atoms with Gasteiger partial charge in [0.2, 0.25) is 5.88 Å². The Balaban J connectivity index is 0.000000968. The average molecular weight is 490 g/mol. The highest BCUT2D eigenvalue weighted by Gasteiger charge is 2.25. The molecule has 0 saturated heterocycles. The van der Waals surface area contributed by atoms with Crippen molar-refractivity contribution in [2.45, 2.75) is 25.5 Å². The van der Waals surface area contributed by atoms with Gasteiger partial charge in [-0.15, -0.1) is 0 Å². The summed E-state index contributed by atoms with van der Waals surface area (Å²) in [6.07, 6.45) is 2.12. The first-order chi connectivity index (χ1) is 16.0. The molecule has 0 spiro atoms. The number of carbonyl (C=O) groups is 1. The third-order valence-electron chi connectivity index (χ3n) is 4.64. The normalized spacial score (nSPS) is 14.8. The first-order valence-corrected chi connectivity index (χ1v) is 11.6. The first-order valence-electron chi connectivity index (χ1n) is 10.1. The number of hydrogen-bond donors (Lipinski definition) is 1. The van der Waals surface area contributed by atoms with Gasteiger partial charge in [-0.05, 0) is 31.5 Å². The molecule has 11 heteroatoms. The third-order valence-corrected chi connectivity index (χ3v) is 5.86. The standard InChI is InChI=1S/C22H23N3O4S.O2S/c1-4-28-20(26)10-16-12-24-22(30-16)17-8-14-7-15(9-18(27-3)21(14)25-17)29-19-6-5-13(2)11-23-19;1-3-2/h5-9,11,16,25H,4,10,12H2,1-3H3;. The minimum Gasteiger partial charge on any atom is -0.494 e. The SMILES string of the molecule is CCOC(=O)CC1CN=C(c2cc3cc(Oc4ccc(C)cn4)cc(OC)c3[nH]2)S1.O=S=O. The van der Waals surface area contributed by atoms with E-state index >= 15 is 0 Å². The van der Waals surface area contributed by atoms with Gasteiger partial charge in [0.15, 0.2) is 0 Å². The second kappa shape index (κ2) is 11.6. The van der Waals surface area contributed by atoms with Crippen molar-refractivity contribution in [3.63, 3.8) is 0 Å². The van der Waals surface area contributed by atoms with E-state index in [4.69, 9.17) is 22.6 Å². The molecule has 1 atom stereocenters. The van der Waals surface area contributed by atoms with Gasteiger partial charge in [-0.25, -0.2) is 4.98 Å². The minimum absolute atomic E-state index is 0.0962. The Kier molecular flexibility index (Phi) is 8.61. The van der Waals surface area contributed by atoms with Crippen LogP contribution >= 0.6 is 11.8 Å². The molecule has 0 radical (unpaired) electrons. The maximum atomic E-state index is 11.7. The van der Waals surface area contributed by atoms with Crippen LogP contribution in [0.25, 0.3) is 10.9 Å². The average Bonchev–Trinajstić information content (AvgIpc) is 3.42. The Hall–Kier alpha value is -3.18. The number of aromatic nitrogens is 2. The zero-order chi connectivity index (χ0) is 23.8. The molecule has 0 fully saturated rings. The van der Waals surface area contributed by atoms with Crippen LogP contribution in [-0.2, 0) is 21.1 Å². The summed E-state index contributed by atoms with van der Waals surface area (Å²) in [4.78, 5) is 24.0. The number of pyridine rings is 1. The number of nitrogens with zero attached hydrogens (tertiary/aromatic N) is 2. The van der Waals surface area contributed by atoms with Gasteiger partial charge in [0, 0.05) is 29.0 Å². The molecule has 0 aliphatic carbocycles. The summed E-state index contributed by atoms with van der Waals surface area (Å²) in [6, 6.07) is 9.58. The number of rotatable bonds is 7. The van der Waals surface area contributed by atoms with E-state index in [1.54, 1.807) is 25.1 Å². The van der Waals surface area contributed by atoms with Crippen molar-refractivity contribution in [1.29, 1.82) is 0 Å². The van der Waals surface area contributed by atoms with E-state index in [0.29, 0.717) is 37.0 Å². The van der Waals surface area contributed by atoms with Gasteiger partial charge < -0.3 is 19.2 Å². The molecule has 1 aliphatic heterocycles. The maximum Gasteiger partial charge on any atom is 0.335 e. The number of aryl methyl sites for hydroxylation is 1. The van der Waals surface area contributed by atoms with Gasteiger partial charge in [-0.3, -0.25) is 9.79 Å². The molecule has 3 aromatic rings. The number of methoxy groups -OCH3 is 1. The molecule has 3 heterocycles. The number of aliphatic imine (C=N–C) groups is 1. The van der Waals surface area contributed by atoms with Crippen LogP contribution in [0.15, 0.2) is 41.5 Å². The van der Waals surface area contributed by atoms with Gasteiger partial charge in [0.05, 0.1) is 37.9 Å². The number of ether oxygens (including phenoxy) is 3. The van der Waals surface area contributed by atoms with Crippen molar-refractivity contribution < 1.29 is 27.4 Å². The van der Waals surface area contributed by atoms with E-state index in [2.05, 4.69) is 15.0 Å². The molecule has 2 aromatic heterocycles. The number of carbonyl (C=O) groups excluding carboxylic acids is 1. The molecule has 0 amide bonds. The molecular formula is C22H23N3O6S2. The molecule has 1 N–H and O–H groups in total. The Labute approximate surface area is 198 Å². The third kappa shape index (κ3) is 6.42. The monoisotopic (exact) mass is 489 g/mol. The number of nitrogens with one attached hydrogen (secondary N) is 1. The van der Waals surface area contributed by atoms with E-state index in [0.717, 1.165) is 27.2 Å². The van der Waals surface area contributed by atoms with E-state index < -0.39 is 11.6 Å². The lowest BCUT2D eigenvalue weighted by atomic mass is 10.2. The molecule has 1 aromatic carbocycles. The highest BCUT2D eigenvalue weighted by Crippen LogP contribution is 2.35. The second-order valence-electron chi connectivity index (χ2n) is 7.01. The Morgan fingerprint density at radius 2 is 2.06 bits per heavy atom. The van der Waals surface area contributed by atoms with E-state index in [1.165, 1.54) is 0 Å². The molecule has 33 heavy (non-hydrogen) atoms. The summed E-state index contributed by atoms with van der Waals surface area (Å²) < 4.78 is 33.1. The predicted octanol–water partition coefficient (Wildman–Crippen LogP) is 3.82. The molecule has 0 saturated carbocycles. The van der Waals surface area contributed by atoms with Gasteiger partial charge in [-0.1, -0.05) is 17.8 Å². The maximum absolute atomic E-state index is 11.7. The van der Waals surface area contributed by atoms with E-state index in [1.807, 2.05) is 44.2 Å². The molecule has 4 rings (SSSR count). The summed E-state index contributed by atoms with van der Waals surface area (Å²) in [5, 5.41) is 1.92. The lowest BCUT2D eigenvalue weighted by molar-refractivity contribution is -0.143. The van der Waals surface area contributed by atoms with Crippen molar-refractivity contribution in [3.05, 3.63) is 47.8 Å². The summed E-state index contributed by atoms with van der Waals surface area (Å²) in [5.74, 6) is 1.65. The molecule has 174 valence electrons. The number of H-pyrrole nitrogens is 1. The first kappa shape index (κ1) is 24.5. The van der Waals surface area contributed by atoms with Crippen molar-refractivity contribution in [2.75, 3.05) is 20.3 Å². The number of fused-ring (bicyclic) bond motifs is 1. The molecule has 1 aliphatic rings. The topological polar surface area (TPSA) is 120 Å². The van der Waals surface area contributed by atoms with Crippen molar-refractivity contribution in [3.8, 4) is 17.4 Å². The zero-order valence-electron chi connectivity index (χ0n) is 18.3. The fourth-order valence-corrected chi connectivity index (χ4v) is 4.30. The van der Waals surface area contributed by atoms with Gasteiger partial charge >= 0.3 is 17.5 Å². The number of esters is 1. The van der Waals surface area contributed by atoms with Crippen LogP contribution in [0.4, 0.5) is 0 Å². The lowest BCUT2D eigenvalue weighted by Gasteiger charge is -2.08. The number of aromatic amines is 1. The van der Waals surface area contributed by atoms with Gasteiger partial charge in [-0.2, -0.15) is 8.42 Å². The summed E-state index contributed by atoms with van der Waals surface area (Å²) in [5.41, 5.74) is 2.83. The van der Waals surface area contributed by atoms with Crippen LogP contribution in [0.2, 0.25) is 0 Å². The fourth-order valence-electron chi connectivity index (χ4n) is 3.23. The highest BCUT2D eigenvalue weighted by atomic mass is 32.2. The van der Waals surface area contributed by atoms with Crippen LogP contribution < -0.4 is 9.47 Å². The smallest absolute Gasteiger partial charge is 0.335 e. The number of benzene rings is 1. The molecule has 0 bridgehead atoms. The summed E-state index contributed by atoms with van der Waals surface area (Å²) in [7, 11) is 1.63. The van der Waals surface area contributed by atoms with E-state index in [9.17, 15) is 4.79 Å². The largest absolute Gasteiger partial charge is 0.494 e. The van der Waals surface area contributed by atoms with Crippen molar-refractivity contribution in [1.82, 2.24) is 9.97 Å². The van der Waals surface area contributed by atoms with Crippen molar-refractivity contribution in [2.24, 2.45) is 4.99 Å². The summed E-state index contributed by atoms with van der Waals surface area (Å²) in [6.45, 7) is 4.79. The summed E-state index contributed by atoms with van der Waals surface area (Å²) >= 11 is 0.841. The highest BCUT2D eigenvalue weighted by molar-refractivity contribution is 8.15. The second-order valence-corrected chi connectivity index (χ2v) is 8.44. The molecule has 1 unspecified atom stereocenters. The van der Waals surface area contributed by atoms with Gasteiger partial charge in [0.25, 0.3) is 0 Å². The Morgan fingerprint density at radius 1 is 1.27 bits per heavy atom. The van der Waals surface area contributed by atoms with Crippen LogP contribution in [0.5, 0.6) is 17.4 Å². The van der Waals surface area contributed by atoms with Gasteiger partial charge in [0.1, 0.15) is 16.5 Å². The molecule has 9 nitrogen and oxygen atoms in total. The quantitative estimate of drug-likeness (QED) is 0.498. The predicted molar refractivity (Wildman–Crippen MR) is 127 cm³/mol. The van der Waals surface area contributed by atoms with Crippen LogP contribution in [-0.4, -0.2) is 54.9 Å². The van der Waals surface area contributed by atoms with Crippen LogP contribution in [0.1, 0.15) is 24.6 Å². The number of thioether (sulfide) groups is 1. The van der Waals surface area contributed by atoms with Crippen LogP contribution in [0, 0.1) is 6.92 Å². The zero-order valence-corrected chi connectivity index (χ0v) is 20.0. The Morgan fingerprint density at radius 3 is 2.73 bits per heavy atom.